The van der Waals surface area contributed by atoms with Gasteiger partial charge in [0.25, 0.3) is 0 Å². The van der Waals surface area contributed by atoms with Crippen molar-refractivity contribution in [1.82, 2.24) is 0 Å². The second-order valence-corrected chi connectivity index (χ2v) is 37.2. The highest BCUT2D eigenvalue weighted by molar-refractivity contribution is 7.25. The summed E-state index contributed by atoms with van der Waals surface area (Å²) in [7, 11) is 0. The average Bonchev–Trinajstić information content (AvgIpc) is 1.55. The average molecular weight is 1740 g/mol. The zero-order valence-corrected chi connectivity index (χ0v) is 71.9. The number of benzene rings is 16. The van der Waals surface area contributed by atoms with Crippen LogP contribution in [-0.4, -0.2) is 0 Å². The lowest BCUT2D eigenvalue weighted by Crippen LogP contribution is -2.18. The van der Waals surface area contributed by atoms with Crippen molar-refractivity contribution in [1.29, 1.82) is 0 Å². The van der Waals surface area contributed by atoms with E-state index in [1.54, 1.807) is 0 Å². The molecule has 1 aromatic heterocycles. The number of halogens is 12. The highest BCUT2D eigenvalue weighted by Crippen LogP contribution is 2.59. The van der Waals surface area contributed by atoms with Crippen LogP contribution in [-0.2, 0) is 46.4 Å². The Morgan fingerprint density at radius 3 is 0.620 bits per heavy atom. The molecule has 0 radical (unpaired) electrons. The second kappa shape index (κ2) is 29.3. The second-order valence-electron chi connectivity index (χ2n) is 36.1. The molecule has 638 valence electrons. The molecule has 0 saturated heterocycles. The standard InChI is InChI=1S/C112H80F12N4S/c1-105(2)95-21-13-9-17-85(95)89-49-43-77(61-99(89)105)125(73-35-27-69(28-36-73)109(113,114)115)81-53-67(54-82(59-81)126(74-37-29-70(30-38-74)110(116,117)118)78-44-50-90-86-18-10-14-22-96(86)106(3,4)100(90)62-78)65-25-47-93-94-48-26-66(58-104(94)129-103(93)57-65)68-55-83(127(75-39-31-71(32-40-75)111(119,120)121)79-45-51-91-87-19-11-15-23-97(87)107(5,6)101(91)63-79)60-84(56-68)128(76-41-33-72(34-42-76)112(122,123)124)80-46-52-92-88-20-12-16-24-98(88)108(7,8)102(92)64-80/h9-64H,1-8H3. The molecule has 4 aliphatic rings. The van der Waals surface area contributed by atoms with Gasteiger partial charge in [-0.15, -0.1) is 11.3 Å². The number of hydrogen-bond acceptors (Lipinski definition) is 5. The maximum absolute atomic E-state index is 14.8. The Kier molecular flexibility index (Phi) is 18.7. The molecule has 16 aromatic carbocycles. The fraction of sp³-hybridized carbons (Fsp3) is 0.143. The van der Waals surface area contributed by atoms with Gasteiger partial charge < -0.3 is 19.6 Å². The monoisotopic (exact) mass is 1740 g/mol. The van der Waals surface area contributed by atoms with E-state index in [9.17, 15) is 52.7 Å². The first-order chi connectivity index (χ1) is 61.4. The zero-order chi connectivity index (χ0) is 89.7. The molecular weight excluding hydrogens is 1660 g/mol. The molecule has 0 spiro atoms. The van der Waals surface area contributed by atoms with Gasteiger partial charge in [0.05, 0.1) is 22.3 Å². The normalized spacial score (nSPS) is 14.6. The van der Waals surface area contributed by atoms with E-state index < -0.39 is 68.6 Å². The number of anilines is 12. The Hall–Kier alpha value is -13.9. The fourth-order valence-electron chi connectivity index (χ4n) is 20.5. The van der Waals surface area contributed by atoms with Gasteiger partial charge >= 0.3 is 24.7 Å². The molecule has 1 heterocycles. The van der Waals surface area contributed by atoms with E-state index in [4.69, 9.17) is 0 Å². The predicted octanol–water partition coefficient (Wildman–Crippen LogP) is 34.6. The van der Waals surface area contributed by atoms with Crippen LogP contribution >= 0.6 is 11.3 Å². The molecule has 0 unspecified atom stereocenters. The molecule has 0 bridgehead atoms. The molecule has 0 atom stereocenters. The molecule has 0 aliphatic heterocycles. The smallest absolute Gasteiger partial charge is 0.310 e. The minimum atomic E-state index is -4.67. The summed E-state index contributed by atoms with van der Waals surface area (Å²) >= 11 is 1.52. The SMILES string of the molecule is CC1(C)c2ccccc2-c2ccc(N(c3ccc(C(F)(F)F)cc3)c3cc(-c4ccc5c(c4)sc4cc(-c6cc(N(c7ccc(C(F)(F)F)cc7)c7ccc8c(c7)C(C)(C)c7ccccc7-8)cc(N(c7ccc(C(F)(F)F)cc7)c7ccc8c(c7)C(C)(C)c7ccccc7-8)c6)ccc45)cc(N(c4ccc(C(F)(F)F)cc4)c4ccc5c(c4)C(C)(C)c4ccccc4-5)c3)cc21. The van der Waals surface area contributed by atoms with Gasteiger partial charge in [0.1, 0.15) is 0 Å². The Morgan fingerprint density at radius 2 is 0.395 bits per heavy atom. The van der Waals surface area contributed by atoms with E-state index in [1.165, 1.54) is 59.9 Å². The molecule has 0 N–H and O–H groups in total. The summed E-state index contributed by atoms with van der Waals surface area (Å²) in [5, 5.41) is 1.78. The largest absolute Gasteiger partial charge is 0.416 e. The van der Waals surface area contributed by atoms with Crippen LogP contribution < -0.4 is 19.6 Å². The molecule has 17 aromatic rings. The van der Waals surface area contributed by atoms with E-state index in [0.717, 1.165) is 169 Å². The quantitative estimate of drug-likeness (QED) is 0.101. The van der Waals surface area contributed by atoms with Crippen LogP contribution in [0.25, 0.3) is 86.9 Å². The van der Waals surface area contributed by atoms with Gasteiger partial charge in [-0.1, -0.05) is 201 Å². The van der Waals surface area contributed by atoms with E-state index in [2.05, 4.69) is 165 Å². The fourth-order valence-corrected chi connectivity index (χ4v) is 21.7. The van der Waals surface area contributed by atoms with E-state index in [0.29, 0.717) is 79.4 Å². The van der Waals surface area contributed by atoms with Crippen molar-refractivity contribution in [2.24, 2.45) is 0 Å². The Bertz CT molecular complexity index is 6620. The topological polar surface area (TPSA) is 13.0 Å². The highest BCUT2D eigenvalue weighted by atomic mass is 32.1. The number of rotatable bonds is 14. The van der Waals surface area contributed by atoms with Crippen LogP contribution in [0, 0.1) is 0 Å². The van der Waals surface area contributed by atoms with Gasteiger partial charge in [-0.2, -0.15) is 52.7 Å². The number of hydrogen-bond donors (Lipinski definition) is 0. The van der Waals surface area contributed by atoms with Gasteiger partial charge in [-0.3, -0.25) is 0 Å². The van der Waals surface area contributed by atoms with Crippen molar-refractivity contribution in [2.45, 2.75) is 102 Å². The first-order valence-electron chi connectivity index (χ1n) is 42.6. The molecule has 17 heteroatoms. The predicted molar refractivity (Wildman–Crippen MR) is 499 cm³/mol. The van der Waals surface area contributed by atoms with Crippen molar-refractivity contribution in [2.75, 3.05) is 19.6 Å². The van der Waals surface area contributed by atoms with Gasteiger partial charge in [0.15, 0.2) is 0 Å². The summed E-state index contributed by atoms with van der Waals surface area (Å²) in [5.41, 5.74) is 20.1. The van der Waals surface area contributed by atoms with E-state index in [-0.39, 0.29) is 0 Å². The summed E-state index contributed by atoms with van der Waals surface area (Å²) in [6, 6.07) is 102. The van der Waals surface area contributed by atoms with Crippen molar-refractivity contribution >= 4 is 99.8 Å². The van der Waals surface area contributed by atoms with Gasteiger partial charge in [-0.05, 0) is 305 Å². The third kappa shape index (κ3) is 13.7. The van der Waals surface area contributed by atoms with Crippen molar-refractivity contribution < 1.29 is 52.7 Å². The zero-order valence-electron chi connectivity index (χ0n) is 71.1. The van der Waals surface area contributed by atoms with Crippen LogP contribution in [0.5, 0.6) is 0 Å². The lowest BCUT2D eigenvalue weighted by atomic mass is 9.82. The first kappa shape index (κ1) is 82.1. The summed E-state index contributed by atoms with van der Waals surface area (Å²) in [5.74, 6) is 0. The van der Waals surface area contributed by atoms with Crippen LogP contribution in [0.15, 0.2) is 340 Å². The number of thiophene rings is 1. The minimum Gasteiger partial charge on any atom is -0.310 e. The number of alkyl halides is 12. The lowest BCUT2D eigenvalue weighted by Gasteiger charge is -2.32. The van der Waals surface area contributed by atoms with Crippen molar-refractivity contribution in [3.05, 3.63) is 406 Å². The highest BCUT2D eigenvalue weighted by Gasteiger charge is 2.43. The maximum atomic E-state index is 14.8. The summed E-state index contributed by atoms with van der Waals surface area (Å²) in [6.07, 6.45) is -18.7. The molecule has 0 saturated carbocycles. The van der Waals surface area contributed by atoms with Crippen molar-refractivity contribution in [3.8, 4) is 66.8 Å². The molecule has 21 rings (SSSR count). The molecule has 4 nitrogen and oxygen atoms in total. The summed E-state index contributed by atoms with van der Waals surface area (Å²) in [4.78, 5) is 7.73. The lowest BCUT2D eigenvalue weighted by molar-refractivity contribution is -0.138. The van der Waals surface area contributed by atoms with Crippen LogP contribution in [0.2, 0.25) is 0 Å². The van der Waals surface area contributed by atoms with Crippen molar-refractivity contribution in [3.63, 3.8) is 0 Å². The van der Waals surface area contributed by atoms with Gasteiger partial charge in [-0.25, -0.2) is 0 Å². The summed E-state index contributed by atoms with van der Waals surface area (Å²) in [6.45, 7) is 17.2. The van der Waals surface area contributed by atoms with E-state index >= 15 is 0 Å². The molecule has 129 heavy (non-hydrogen) atoms. The van der Waals surface area contributed by atoms with Crippen LogP contribution in [0.4, 0.5) is 121 Å². The Labute approximate surface area is 742 Å². The molecule has 4 aliphatic carbocycles. The maximum Gasteiger partial charge on any atom is 0.416 e. The van der Waals surface area contributed by atoms with E-state index in [1.807, 2.05) is 153 Å². The van der Waals surface area contributed by atoms with Gasteiger partial charge in [0, 0.05) is 110 Å². The number of fused-ring (bicyclic) bond motifs is 15. The van der Waals surface area contributed by atoms with Crippen LogP contribution in [0.1, 0.15) is 122 Å². The third-order valence-electron chi connectivity index (χ3n) is 27.1. The third-order valence-corrected chi connectivity index (χ3v) is 28.2. The number of nitrogens with zero attached hydrogens (tertiary/aromatic N) is 4. The Balaban J connectivity index is 0.770. The minimum absolute atomic E-state index is 0.391. The van der Waals surface area contributed by atoms with Gasteiger partial charge in [0.2, 0.25) is 0 Å². The molecule has 0 amide bonds. The molecule has 0 fully saturated rings. The Morgan fingerprint density at radius 1 is 0.186 bits per heavy atom. The van der Waals surface area contributed by atoms with Crippen LogP contribution in [0.3, 0.4) is 0 Å². The summed E-state index contributed by atoms with van der Waals surface area (Å²) < 4.78 is 179. The molecular formula is C112H80F12N4S. The first-order valence-corrected chi connectivity index (χ1v) is 43.4.